The van der Waals surface area contributed by atoms with E-state index in [0.29, 0.717) is 6.54 Å². The zero-order chi connectivity index (χ0) is 13.5. The summed E-state index contributed by atoms with van der Waals surface area (Å²) < 4.78 is 2.20. The number of aryl methyl sites for hydroxylation is 2. The molecule has 0 aliphatic carbocycles. The molecule has 0 atom stereocenters. The van der Waals surface area contributed by atoms with Crippen LogP contribution in [-0.2, 0) is 19.5 Å². The van der Waals surface area contributed by atoms with E-state index in [0.717, 1.165) is 46.5 Å². The summed E-state index contributed by atoms with van der Waals surface area (Å²) in [6.45, 7) is 3.59. The van der Waals surface area contributed by atoms with Gasteiger partial charge < -0.3 is 9.88 Å². The number of nitrogens with zero attached hydrogens (tertiary/aromatic N) is 5. The van der Waals surface area contributed by atoms with E-state index >= 15 is 0 Å². The normalized spacial score (nSPS) is 13.8. The molecule has 3 aromatic rings. The third kappa shape index (κ3) is 1.85. The highest BCUT2D eigenvalue weighted by atomic mass is 32.1. The smallest absolute Gasteiger partial charge is 0.152 e. The van der Waals surface area contributed by atoms with Crippen molar-refractivity contribution in [3.8, 4) is 0 Å². The van der Waals surface area contributed by atoms with Gasteiger partial charge in [0.2, 0.25) is 0 Å². The van der Waals surface area contributed by atoms with Crippen molar-refractivity contribution in [2.24, 2.45) is 0 Å². The van der Waals surface area contributed by atoms with Crippen molar-refractivity contribution >= 4 is 27.4 Å². The van der Waals surface area contributed by atoms with Crippen LogP contribution in [0.25, 0.3) is 10.2 Å². The summed E-state index contributed by atoms with van der Waals surface area (Å²) in [6.07, 6.45) is 2.20. The van der Waals surface area contributed by atoms with Gasteiger partial charge in [0.1, 0.15) is 22.3 Å². The lowest BCUT2D eigenvalue weighted by molar-refractivity contribution is 0.695. The Bertz CT molecular complexity index is 774. The molecule has 3 aromatic heterocycles. The first-order valence-electron chi connectivity index (χ1n) is 6.68. The molecule has 0 bridgehead atoms. The average Bonchev–Trinajstić information content (AvgIpc) is 3.12. The number of hydrogen-bond donors (Lipinski definition) is 1. The Balaban J connectivity index is 1.63. The summed E-state index contributed by atoms with van der Waals surface area (Å²) in [5, 5.41) is 15.0. The first kappa shape index (κ1) is 11.8. The van der Waals surface area contributed by atoms with Crippen LogP contribution in [-0.4, -0.2) is 24.7 Å². The van der Waals surface area contributed by atoms with Gasteiger partial charge in [-0.25, -0.2) is 9.97 Å². The van der Waals surface area contributed by atoms with Gasteiger partial charge in [-0.05, 0) is 24.8 Å². The van der Waals surface area contributed by atoms with Crippen LogP contribution in [0, 0.1) is 6.92 Å². The van der Waals surface area contributed by atoms with Crippen molar-refractivity contribution in [3.63, 3.8) is 0 Å². The summed E-state index contributed by atoms with van der Waals surface area (Å²) >= 11 is 1.63. The minimum Gasteiger partial charge on any atom is -0.362 e. The van der Waals surface area contributed by atoms with Gasteiger partial charge in [-0.3, -0.25) is 0 Å². The maximum atomic E-state index is 4.49. The molecule has 0 amide bonds. The van der Waals surface area contributed by atoms with Crippen LogP contribution in [0.3, 0.4) is 0 Å². The molecule has 4 rings (SSSR count). The molecule has 4 heterocycles. The standard InChI is InChI=1S/C13H14N6S/c1-8-15-12(9-4-6-20-13(9)16-8)14-7-11-18-17-10-3-2-5-19(10)11/h4,6H,2-3,5,7H2,1H3,(H,14,15,16). The van der Waals surface area contributed by atoms with E-state index in [2.05, 4.69) is 36.1 Å². The van der Waals surface area contributed by atoms with Crippen molar-refractivity contribution in [2.75, 3.05) is 5.32 Å². The third-order valence-corrected chi connectivity index (χ3v) is 4.34. The van der Waals surface area contributed by atoms with Gasteiger partial charge in [0.25, 0.3) is 0 Å². The Morgan fingerprint density at radius 1 is 1.35 bits per heavy atom. The van der Waals surface area contributed by atoms with Gasteiger partial charge in [0, 0.05) is 13.0 Å². The van der Waals surface area contributed by atoms with Crippen LogP contribution in [0.4, 0.5) is 5.82 Å². The van der Waals surface area contributed by atoms with Crippen molar-refractivity contribution in [1.29, 1.82) is 0 Å². The molecule has 7 heteroatoms. The first-order valence-corrected chi connectivity index (χ1v) is 7.56. The molecule has 0 saturated carbocycles. The number of hydrogen-bond acceptors (Lipinski definition) is 6. The molecule has 1 aliphatic heterocycles. The van der Waals surface area contributed by atoms with E-state index in [4.69, 9.17) is 0 Å². The predicted molar refractivity (Wildman–Crippen MR) is 77.8 cm³/mol. The Hall–Kier alpha value is -2.02. The Kier molecular flexibility index (Phi) is 2.66. The van der Waals surface area contributed by atoms with E-state index in [1.807, 2.05) is 12.3 Å². The zero-order valence-electron chi connectivity index (χ0n) is 11.1. The van der Waals surface area contributed by atoms with Crippen LogP contribution in [0.5, 0.6) is 0 Å². The van der Waals surface area contributed by atoms with Crippen molar-refractivity contribution in [2.45, 2.75) is 32.9 Å². The topological polar surface area (TPSA) is 68.5 Å². The molecule has 102 valence electrons. The van der Waals surface area contributed by atoms with Crippen molar-refractivity contribution in [1.82, 2.24) is 24.7 Å². The molecule has 1 N–H and O–H groups in total. The number of anilines is 1. The number of thiophene rings is 1. The van der Waals surface area contributed by atoms with E-state index < -0.39 is 0 Å². The second-order valence-electron chi connectivity index (χ2n) is 4.90. The quantitative estimate of drug-likeness (QED) is 0.799. The fourth-order valence-electron chi connectivity index (χ4n) is 2.60. The Labute approximate surface area is 119 Å². The van der Waals surface area contributed by atoms with Gasteiger partial charge in [0.05, 0.1) is 11.9 Å². The second kappa shape index (κ2) is 4.52. The number of rotatable bonds is 3. The lowest BCUT2D eigenvalue weighted by atomic mass is 10.3. The van der Waals surface area contributed by atoms with Gasteiger partial charge in [-0.15, -0.1) is 21.5 Å². The van der Waals surface area contributed by atoms with Gasteiger partial charge >= 0.3 is 0 Å². The molecule has 0 saturated heterocycles. The molecule has 0 aromatic carbocycles. The molecular weight excluding hydrogens is 272 g/mol. The highest BCUT2D eigenvalue weighted by Crippen LogP contribution is 2.25. The van der Waals surface area contributed by atoms with Crippen LogP contribution in [0.1, 0.15) is 23.9 Å². The largest absolute Gasteiger partial charge is 0.362 e. The minimum absolute atomic E-state index is 0.647. The Morgan fingerprint density at radius 2 is 2.30 bits per heavy atom. The number of nitrogens with one attached hydrogen (secondary N) is 1. The first-order chi connectivity index (χ1) is 9.81. The summed E-state index contributed by atoms with van der Waals surface area (Å²) in [5.41, 5.74) is 0. The second-order valence-corrected chi connectivity index (χ2v) is 5.79. The summed E-state index contributed by atoms with van der Waals surface area (Å²) in [7, 11) is 0. The van der Waals surface area contributed by atoms with Crippen LogP contribution >= 0.6 is 11.3 Å². The molecule has 0 spiro atoms. The predicted octanol–water partition coefficient (Wildman–Crippen LogP) is 2.15. The fourth-order valence-corrected chi connectivity index (χ4v) is 3.41. The molecule has 0 fully saturated rings. The lowest BCUT2D eigenvalue weighted by Crippen LogP contribution is -2.09. The summed E-state index contributed by atoms with van der Waals surface area (Å²) in [6, 6.07) is 2.05. The lowest BCUT2D eigenvalue weighted by Gasteiger charge is -2.07. The van der Waals surface area contributed by atoms with Gasteiger partial charge in [-0.1, -0.05) is 0 Å². The van der Waals surface area contributed by atoms with Crippen LogP contribution < -0.4 is 5.32 Å². The summed E-state index contributed by atoms with van der Waals surface area (Å²) in [4.78, 5) is 9.95. The molecule has 0 unspecified atom stereocenters. The maximum absolute atomic E-state index is 4.49. The average molecular weight is 286 g/mol. The van der Waals surface area contributed by atoms with E-state index in [1.54, 1.807) is 11.3 Å². The fraction of sp³-hybridized carbons (Fsp3) is 0.385. The van der Waals surface area contributed by atoms with Gasteiger partial charge in [-0.2, -0.15) is 0 Å². The highest BCUT2D eigenvalue weighted by Gasteiger charge is 2.17. The third-order valence-electron chi connectivity index (χ3n) is 3.54. The van der Waals surface area contributed by atoms with E-state index in [1.165, 1.54) is 6.42 Å². The van der Waals surface area contributed by atoms with Crippen molar-refractivity contribution < 1.29 is 0 Å². The highest BCUT2D eigenvalue weighted by molar-refractivity contribution is 7.16. The van der Waals surface area contributed by atoms with Crippen LogP contribution in [0.2, 0.25) is 0 Å². The van der Waals surface area contributed by atoms with Crippen molar-refractivity contribution in [3.05, 3.63) is 28.9 Å². The molecule has 20 heavy (non-hydrogen) atoms. The number of fused-ring (bicyclic) bond motifs is 2. The molecular formula is C13H14N6S. The van der Waals surface area contributed by atoms with Crippen LogP contribution in [0.15, 0.2) is 11.4 Å². The van der Waals surface area contributed by atoms with E-state index in [9.17, 15) is 0 Å². The van der Waals surface area contributed by atoms with Gasteiger partial charge in [0.15, 0.2) is 5.82 Å². The Morgan fingerprint density at radius 3 is 3.25 bits per heavy atom. The van der Waals surface area contributed by atoms with E-state index in [-0.39, 0.29) is 0 Å². The monoisotopic (exact) mass is 286 g/mol. The SMILES string of the molecule is Cc1nc(NCc2nnc3n2CCC3)c2ccsc2n1. The molecule has 0 radical (unpaired) electrons. The summed E-state index contributed by atoms with van der Waals surface area (Å²) in [5.74, 6) is 3.75. The zero-order valence-corrected chi connectivity index (χ0v) is 11.9. The molecule has 6 nitrogen and oxygen atoms in total. The molecule has 1 aliphatic rings. The maximum Gasteiger partial charge on any atom is 0.152 e. The number of aromatic nitrogens is 5. The minimum atomic E-state index is 0.647.